The highest BCUT2D eigenvalue weighted by Gasteiger charge is 2.16. The Morgan fingerprint density at radius 1 is 0.811 bits per heavy atom. The van der Waals surface area contributed by atoms with Crippen LogP contribution >= 0.6 is 11.6 Å². The van der Waals surface area contributed by atoms with Gasteiger partial charge in [-0.3, -0.25) is 0 Å². The molecule has 0 spiro atoms. The summed E-state index contributed by atoms with van der Waals surface area (Å²) in [5.41, 5.74) is 8.24. The van der Waals surface area contributed by atoms with E-state index in [0.717, 1.165) is 44.9 Å². The maximum absolute atomic E-state index is 9.26. The summed E-state index contributed by atoms with van der Waals surface area (Å²) in [4.78, 5) is 0. The third-order valence-electron chi connectivity index (χ3n) is 6.30. The largest absolute Gasteiger partial charge is 0.488 e. The Kier molecular flexibility index (Phi) is 7.80. The molecular weight excluding hydrogens is 490 g/mol. The SMILES string of the molecule is Cc1c(COc2cc(OCc3ccccc3)c(CNO)cc2Cl)cccc1-c1ccc2c(c1)OCCO2. The minimum Gasteiger partial charge on any atom is -0.488 e. The summed E-state index contributed by atoms with van der Waals surface area (Å²) < 4.78 is 23.7. The van der Waals surface area contributed by atoms with Gasteiger partial charge in [0.25, 0.3) is 0 Å². The van der Waals surface area contributed by atoms with E-state index in [2.05, 4.69) is 18.5 Å². The van der Waals surface area contributed by atoms with Gasteiger partial charge in [-0.2, -0.15) is 0 Å². The van der Waals surface area contributed by atoms with Crippen LogP contribution in [0.5, 0.6) is 23.0 Å². The van der Waals surface area contributed by atoms with Crippen molar-refractivity contribution >= 4 is 11.6 Å². The second-order valence-electron chi connectivity index (χ2n) is 8.74. The van der Waals surface area contributed by atoms with Gasteiger partial charge in [-0.1, -0.05) is 66.2 Å². The van der Waals surface area contributed by atoms with E-state index in [0.29, 0.717) is 42.9 Å². The third-order valence-corrected chi connectivity index (χ3v) is 6.60. The molecule has 1 aliphatic heterocycles. The number of nitrogens with one attached hydrogen (secondary N) is 1. The standard InChI is InChI=1S/C30H28ClNO5/c1-20-23(8-5-9-25(20)22-10-11-27-30(15-22)35-13-12-34-27)19-37-29-16-28(24(17-32-33)14-26(29)31)36-18-21-6-3-2-4-7-21/h2-11,14-16,32-33H,12-13,17-19H2,1H3. The molecule has 0 fully saturated rings. The Bertz CT molecular complexity index is 1380. The van der Waals surface area contributed by atoms with Crippen molar-refractivity contribution in [2.24, 2.45) is 0 Å². The van der Waals surface area contributed by atoms with Gasteiger partial charge in [-0.05, 0) is 52.9 Å². The predicted molar refractivity (Wildman–Crippen MR) is 143 cm³/mol. The molecule has 0 radical (unpaired) electrons. The molecule has 0 aromatic heterocycles. The summed E-state index contributed by atoms with van der Waals surface area (Å²) in [7, 11) is 0. The Labute approximate surface area is 221 Å². The van der Waals surface area contributed by atoms with E-state index in [-0.39, 0.29) is 6.54 Å². The summed E-state index contributed by atoms with van der Waals surface area (Å²) in [6.07, 6.45) is 0. The topological polar surface area (TPSA) is 69.2 Å². The average Bonchev–Trinajstić information content (AvgIpc) is 2.93. The highest BCUT2D eigenvalue weighted by Crippen LogP contribution is 2.37. The molecule has 5 rings (SSSR count). The maximum atomic E-state index is 9.26. The van der Waals surface area contributed by atoms with Crippen molar-refractivity contribution in [2.75, 3.05) is 13.2 Å². The third kappa shape index (κ3) is 5.83. The van der Waals surface area contributed by atoms with Crippen molar-refractivity contribution in [3.63, 3.8) is 0 Å². The zero-order valence-corrected chi connectivity index (χ0v) is 21.3. The van der Waals surface area contributed by atoms with Gasteiger partial charge in [-0.15, -0.1) is 0 Å². The fourth-order valence-corrected chi connectivity index (χ4v) is 4.54. The predicted octanol–water partition coefficient (Wildman–Crippen LogP) is 6.72. The van der Waals surface area contributed by atoms with Crippen LogP contribution in [0.4, 0.5) is 0 Å². The molecule has 190 valence electrons. The van der Waals surface area contributed by atoms with Crippen LogP contribution in [-0.4, -0.2) is 18.4 Å². The fourth-order valence-electron chi connectivity index (χ4n) is 4.30. The van der Waals surface area contributed by atoms with Crippen molar-refractivity contribution in [1.29, 1.82) is 0 Å². The number of halogens is 1. The minimum absolute atomic E-state index is 0.195. The van der Waals surface area contributed by atoms with Crippen LogP contribution in [0.25, 0.3) is 11.1 Å². The molecule has 7 heteroatoms. The van der Waals surface area contributed by atoms with E-state index in [9.17, 15) is 5.21 Å². The maximum Gasteiger partial charge on any atom is 0.161 e. The first-order chi connectivity index (χ1) is 18.1. The van der Waals surface area contributed by atoms with Crippen LogP contribution in [0.3, 0.4) is 0 Å². The van der Waals surface area contributed by atoms with Crippen molar-refractivity contribution in [1.82, 2.24) is 5.48 Å². The number of rotatable bonds is 9. The highest BCUT2D eigenvalue weighted by molar-refractivity contribution is 6.32. The number of hydrogen-bond acceptors (Lipinski definition) is 6. The lowest BCUT2D eigenvalue weighted by atomic mass is 9.96. The van der Waals surface area contributed by atoms with Gasteiger partial charge >= 0.3 is 0 Å². The van der Waals surface area contributed by atoms with E-state index in [4.69, 9.17) is 30.5 Å². The van der Waals surface area contributed by atoms with Gasteiger partial charge in [0.05, 0.1) is 5.02 Å². The number of hydroxylamine groups is 1. The molecule has 0 saturated heterocycles. The molecule has 0 amide bonds. The summed E-state index contributed by atoms with van der Waals surface area (Å²) in [6.45, 7) is 4.11. The van der Waals surface area contributed by atoms with Gasteiger partial charge in [0, 0.05) is 18.2 Å². The molecule has 0 saturated carbocycles. The molecule has 1 heterocycles. The van der Waals surface area contributed by atoms with Crippen molar-refractivity contribution in [2.45, 2.75) is 26.7 Å². The minimum atomic E-state index is 0.195. The quantitative estimate of drug-likeness (QED) is 0.240. The van der Waals surface area contributed by atoms with Crippen molar-refractivity contribution in [3.05, 3.63) is 106 Å². The zero-order chi connectivity index (χ0) is 25.6. The number of fused-ring (bicyclic) bond motifs is 1. The van der Waals surface area contributed by atoms with Gasteiger partial charge in [0.2, 0.25) is 0 Å². The Morgan fingerprint density at radius 2 is 1.59 bits per heavy atom. The lowest BCUT2D eigenvalue weighted by Gasteiger charge is -2.20. The van der Waals surface area contributed by atoms with Crippen LogP contribution in [0.1, 0.15) is 22.3 Å². The lowest BCUT2D eigenvalue weighted by molar-refractivity contribution is 0.159. The van der Waals surface area contributed by atoms with Crippen molar-refractivity contribution < 1.29 is 24.2 Å². The summed E-state index contributed by atoms with van der Waals surface area (Å²) in [5.74, 6) is 2.63. The Hall–Kier alpha value is -3.71. The molecule has 2 N–H and O–H groups in total. The molecule has 6 nitrogen and oxygen atoms in total. The monoisotopic (exact) mass is 517 g/mol. The molecular formula is C30H28ClNO5. The van der Waals surface area contributed by atoms with Crippen LogP contribution < -0.4 is 24.4 Å². The molecule has 4 aromatic rings. The summed E-state index contributed by atoms with van der Waals surface area (Å²) >= 11 is 6.54. The number of ether oxygens (including phenoxy) is 4. The molecule has 4 aromatic carbocycles. The smallest absolute Gasteiger partial charge is 0.161 e. The van der Waals surface area contributed by atoms with Crippen LogP contribution in [0.15, 0.2) is 78.9 Å². The van der Waals surface area contributed by atoms with E-state index in [1.54, 1.807) is 12.1 Å². The highest BCUT2D eigenvalue weighted by atomic mass is 35.5. The van der Waals surface area contributed by atoms with Crippen molar-refractivity contribution in [3.8, 4) is 34.1 Å². The van der Waals surface area contributed by atoms with E-state index in [1.807, 2.05) is 60.7 Å². The molecule has 0 atom stereocenters. The Morgan fingerprint density at radius 3 is 2.41 bits per heavy atom. The fraction of sp³-hybridized carbons (Fsp3) is 0.200. The zero-order valence-electron chi connectivity index (χ0n) is 20.5. The normalized spacial score (nSPS) is 12.3. The first-order valence-corrected chi connectivity index (χ1v) is 12.5. The van der Waals surface area contributed by atoms with Crippen LogP contribution in [0, 0.1) is 6.92 Å². The molecule has 0 bridgehead atoms. The van der Waals surface area contributed by atoms with Gasteiger partial charge in [-0.25, -0.2) is 5.48 Å². The Balaban J connectivity index is 1.35. The lowest BCUT2D eigenvalue weighted by Crippen LogP contribution is -2.15. The second kappa shape index (κ2) is 11.6. The summed E-state index contributed by atoms with van der Waals surface area (Å²) in [5, 5.41) is 9.71. The van der Waals surface area contributed by atoms with Gasteiger partial charge in [0.1, 0.15) is 37.9 Å². The van der Waals surface area contributed by atoms with E-state index in [1.165, 1.54) is 0 Å². The number of hydrogen-bond donors (Lipinski definition) is 2. The first-order valence-electron chi connectivity index (χ1n) is 12.1. The first kappa shape index (κ1) is 25.0. The van der Waals surface area contributed by atoms with E-state index >= 15 is 0 Å². The van der Waals surface area contributed by atoms with E-state index < -0.39 is 0 Å². The molecule has 1 aliphatic rings. The molecule has 0 aliphatic carbocycles. The van der Waals surface area contributed by atoms with Crippen LogP contribution in [-0.2, 0) is 19.8 Å². The average molecular weight is 518 g/mol. The van der Waals surface area contributed by atoms with Crippen LogP contribution in [0.2, 0.25) is 5.02 Å². The number of benzene rings is 4. The molecule has 0 unspecified atom stereocenters. The van der Waals surface area contributed by atoms with Gasteiger partial charge < -0.3 is 24.2 Å². The molecule has 37 heavy (non-hydrogen) atoms. The second-order valence-corrected chi connectivity index (χ2v) is 9.14. The summed E-state index contributed by atoms with van der Waals surface area (Å²) in [6, 6.07) is 25.6. The van der Waals surface area contributed by atoms with Gasteiger partial charge in [0.15, 0.2) is 11.5 Å².